The Kier molecular flexibility index (Phi) is 8.13. The van der Waals surface area contributed by atoms with Crippen LogP contribution in [0.1, 0.15) is 11.1 Å². The molecule has 3 aromatic rings. The Labute approximate surface area is 190 Å². The number of ether oxygens (including phenoxy) is 1. The third-order valence-electron chi connectivity index (χ3n) is 4.91. The molecule has 9 heteroatoms. The van der Waals surface area contributed by atoms with Crippen LogP contribution in [0.5, 0.6) is 5.75 Å². The topological polar surface area (TPSA) is 98.8 Å². The van der Waals surface area contributed by atoms with Gasteiger partial charge in [0, 0.05) is 48.9 Å². The van der Waals surface area contributed by atoms with Crippen molar-refractivity contribution in [2.75, 3.05) is 19.7 Å². The van der Waals surface area contributed by atoms with Gasteiger partial charge in [-0.15, -0.1) is 0 Å². The van der Waals surface area contributed by atoms with Crippen molar-refractivity contribution in [3.05, 3.63) is 109 Å². The van der Waals surface area contributed by atoms with Gasteiger partial charge in [0.15, 0.2) is 0 Å². The SMILES string of the molecule is O=[N+]([O-])c1ccc(CCN(CCOc2ccc([N+](=O)[O-])cc2)Cc2ccc(Cl)cc2)cc1. The molecular formula is C23H22ClN3O5. The van der Waals surface area contributed by atoms with Crippen molar-refractivity contribution in [3.8, 4) is 5.75 Å². The summed E-state index contributed by atoms with van der Waals surface area (Å²) in [5.74, 6) is 0.567. The van der Waals surface area contributed by atoms with Crippen LogP contribution in [0.3, 0.4) is 0 Å². The molecule has 0 radical (unpaired) electrons. The molecule has 8 nitrogen and oxygen atoms in total. The van der Waals surface area contributed by atoms with Crippen molar-refractivity contribution >= 4 is 23.0 Å². The summed E-state index contributed by atoms with van der Waals surface area (Å²) >= 11 is 5.98. The molecule has 0 fully saturated rings. The lowest BCUT2D eigenvalue weighted by atomic mass is 10.1. The maximum atomic E-state index is 10.8. The summed E-state index contributed by atoms with van der Waals surface area (Å²) in [4.78, 5) is 23.0. The highest BCUT2D eigenvalue weighted by molar-refractivity contribution is 6.30. The lowest BCUT2D eigenvalue weighted by Crippen LogP contribution is -2.30. The number of nitrogens with zero attached hydrogens (tertiary/aromatic N) is 3. The quantitative estimate of drug-likeness (QED) is 0.288. The summed E-state index contributed by atoms with van der Waals surface area (Å²) in [5.41, 5.74) is 2.20. The van der Waals surface area contributed by atoms with Gasteiger partial charge >= 0.3 is 0 Å². The maximum absolute atomic E-state index is 10.8. The first kappa shape index (κ1) is 23.2. The maximum Gasteiger partial charge on any atom is 0.269 e. The van der Waals surface area contributed by atoms with Gasteiger partial charge in [0.25, 0.3) is 11.4 Å². The number of benzene rings is 3. The van der Waals surface area contributed by atoms with E-state index >= 15 is 0 Å². The van der Waals surface area contributed by atoms with E-state index in [9.17, 15) is 20.2 Å². The highest BCUT2D eigenvalue weighted by atomic mass is 35.5. The highest BCUT2D eigenvalue weighted by Crippen LogP contribution is 2.18. The number of non-ortho nitro benzene ring substituents is 2. The molecule has 0 atom stereocenters. The number of nitro benzene ring substituents is 2. The van der Waals surface area contributed by atoms with E-state index in [4.69, 9.17) is 16.3 Å². The van der Waals surface area contributed by atoms with Crippen molar-refractivity contribution in [3.63, 3.8) is 0 Å². The van der Waals surface area contributed by atoms with Gasteiger partial charge in [0.2, 0.25) is 0 Å². The molecule has 0 aromatic heterocycles. The second-order valence-electron chi connectivity index (χ2n) is 7.18. The number of rotatable bonds is 11. The highest BCUT2D eigenvalue weighted by Gasteiger charge is 2.10. The summed E-state index contributed by atoms with van der Waals surface area (Å²) in [6, 6.07) is 20.2. The van der Waals surface area contributed by atoms with Crippen molar-refractivity contribution in [1.29, 1.82) is 0 Å². The van der Waals surface area contributed by atoms with E-state index in [-0.39, 0.29) is 11.4 Å². The van der Waals surface area contributed by atoms with Crippen LogP contribution in [0.2, 0.25) is 5.02 Å². The van der Waals surface area contributed by atoms with E-state index in [2.05, 4.69) is 4.90 Å². The van der Waals surface area contributed by atoms with Crippen LogP contribution < -0.4 is 4.74 Å². The second-order valence-corrected chi connectivity index (χ2v) is 7.61. The molecule has 0 bridgehead atoms. The Bertz CT molecular complexity index is 1040. The average molecular weight is 456 g/mol. The molecule has 0 heterocycles. The Morgan fingerprint density at radius 3 is 1.84 bits per heavy atom. The largest absolute Gasteiger partial charge is 0.492 e. The minimum Gasteiger partial charge on any atom is -0.492 e. The zero-order valence-corrected chi connectivity index (χ0v) is 18.0. The molecule has 0 spiro atoms. The fourth-order valence-corrected chi connectivity index (χ4v) is 3.27. The van der Waals surface area contributed by atoms with Gasteiger partial charge in [-0.1, -0.05) is 35.9 Å². The molecular weight excluding hydrogens is 434 g/mol. The minimum atomic E-state index is -0.449. The molecule has 3 rings (SSSR count). The van der Waals surface area contributed by atoms with Crippen molar-refractivity contribution < 1.29 is 14.6 Å². The molecule has 0 unspecified atom stereocenters. The van der Waals surface area contributed by atoms with Crippen LogP contribution in [0.15, 0.2) is 72.8 Å². The van der Waals surface area contributed by atoms with Crippen molar-refractivity contribution in [2.24, 2.45) is 0 Å². The minimum absolute atomic E-state index is 0.0183. The first-order valence-corrected chi connectivity index (χ1v) is 10.4. The first-order valence-electron chi connectivity index (χ1n) is 9.98. The standard InChI is InChI=1S/C23H22ClN3O5/c24-20-5-1-19(2-6-20)17-25(14-13-18-3-7-21(8-4-18)26(28)29)15-16-32-23-11-9-22(10-12-23)27(30)31/h1-12H,13-17H2. The van der Waals surface area contributed by atoms with E-state index in [1.165, 1.54) is 24.3 Å². The Hall–Kier alpha value is -3.49. The zero-order valence-electron chi connectivity index (χ0n) is 17.2. The molecule has 166 valence electrons. The smallest absolute Gasteiger partial charge is 0.269 e. The Morgan fingerprint density at radius 2 is 1.28 bits per heavy atom. The van der Waals surface area contributed by atoms with Crippen LogP contribution in [-0.2, 0) is 13.0 Å². The fourth-order valence-electron chi connectivity index (χ4n) is 3.15. The van der Waals surface area contributed by atoms with E-state index < -0.39 is 9.85 Å². The van der Waals surface area contributed by atoms with E-state index in [1.807, 2.05) is 24.3 Å². The third kappa shape index (κ3) is 7.04. The molecule has 0 aliphatic carbocycles. The van der Waals surface area contributed by atoms with Crippen molar-refractivity contribution in [1.82, 2.24) is 4.90 Å². The second kappa shape index (κ2) is 11.2. The molecule has 0 amide bonds. The monoisotopic (exact) mass is 455 g/mol. The Morgan fingerprint density at radius 1 is 0.750 bits per heavy atom. The molecule has 3 aromatic carbocycles. The van der Waals surface area contributed by atoms with E-state index in [0.29, 0.717) is 30.5 Å². The third-order valence-corrected chi connectivity index (χ3v) is 5.16. The lowest BCUT2D eigenvalue weighted by Gasteiger charge is -2.23. The molecule has 32 heavy (non-hydrogen) atoms. The van der Waals surface area contributed by atoms with Crippen molar-refractivity contribution in [2.45, 2.75) is 13.0 Å². The number of hydrogen-bond donors (Lipinski definition) is 0. The summed E-state index contributed by atoms with van der Waals surface area (Å²) in [6.45, 7) is 2.45. The predicted octanol–water partition coefficient (Wildman–Crippen LogP) is 5.28. The van der Waals surface area contributed by atoms with E-state index in [1.54, 1.807) is 24.3 Å². The van der Waals surface area contributed by atoms with Gasteiger partial charge in [0.05, 0.1) is 9.85 Å². The molecule has 0 saturated heterocycles. The van der Waals surface area contributed by atoms with E-state index in [0.717, 1.165) is 24.1 Å². The molecule has 0 N–H and O–H groups in total. The zero-order chi connectivity index (χ0) is 22.9. The lowest BCUT2D eigenvalue weighted by molar-refractivity contribution is -0.385. The number of halogens is 1. The number of hydrogen-bond acceptors (Lipinski definition) is 6. The van der Waals surface area contributed by atoms with Gasteiger partial charge in [-0.05, 0) is 41.8 Å². The van der Waals surface area contributed by atoms with Crippen LogP contribution in [-0.4, -0.2) is 34.4 Å². The summed E-state index contributed by atoms with van der Waals surface area (Å²) in [7, 11) is 0. The van der Waals surface area contributed by atoms with Crippen LogP contribution in [0.25, 0.3) is 0 Å². The van der Waals surface area contributed by atoms with Gasteiger partial charge < -0.3 is 4.74 Å². The summed E-state index contributed by atoms with van der Waals surface area (Å²) in [6.07, 6.45) is 0.725. The Balaban J connectivity index is 1.59. The first-order chi connectivity index (χ1) is 15.4. The van der Waals surface area contributed by atoms with Gasteiger partial charge in [-0.2, -0.15) is 0 Å². The summed E-state index contributed by atoms with van der Waals surface area (Å²) in [5, 5.41) is 22.3. The summed E-state index contributed by atoms with van der Waals surface area (Å²) < 4.78 is 5.76. The average Bonchev–Trinajstić information content (AvgIpc) is 2.79. The predicted molar refractivity (Wildman–Crippen MR) is 122 cm³/mol. The van der Waals surface area contributed by atoms with Gasteiger partial charge in [-0.3, -0.25) is 25.1 Å². The van der Waals surface area contributed by atoms with Gasteiger partial charge in [0.1, 0.15) is 12.4 Å². The fraction of sp³-hybridized carbons (Fsp3) is 0.217. The molecule has 0 aliphatic heterocycles. The molecule has 0 aliphatic rings. The van der Waals surface area contributed by atoms with Crippen LogP contribution in [0, 0.1) is 20.2 Å². The molecule has 0 saturated carbocycles. The van der Waals surface area contributed by atoms with Crippen LogP contribution in [0.4, 0.5) is 11.4 Å². The van der Waals surface area contributed by atoms with Crippen LogP contribution >= 0.6 is 11.6 Å². The normalized spacial score (nSPS) is 10.8. The van der Waals surface area contributed by atoms with Gasteiger partial charge in [-0.25, -0.2) is 0 Å². The number of nitro groups is 2.